The minimum absolute atomic E-state index is 0.212. The molecule has 0 amide bonds. The molecule has 25 heavy (non-hydrogen) atoms. The summed E-state index contributed by atoms with van der Waals surface area (Å²) in [6.45, 7) is 0.471. The van der Waals surface area contributed by atoms with Crippen LogP contribution >= 0.6 is 23.2 Å². The highest BCUT2D eigenvalue weighted by Gasteiger charge is 2.17. The summed E-state index contributed by atoms with van der Waals surface area (Å²) in [5.74, 6) is 0.850. The smallest absolute Gasteiger partial charge is 0.108 e. The second kappa shape index (κ2) is 8.86. The molecule has 0 aliphatic rings. The average Bonchev–Trinajstić information content (AvgIpc) is 3.12. The summed E-state index contributed by atoms with van der Waals surface area (Å²) in [6.07, 6.45) is 7.95. The van der Waals surface area contributed by atoms with Crippen molar-refractivity contribution in [3.63, 3.8) is 0 Å². The monoisotopic (exact) mass is 372 g/mol. The van der Waals surface area contributed by atoms with E-state index in [1.165, 1.54) is 0 Å². The maximum Gasteiger partial charge on any atom is 0.108 e. The van der Waals surface area contributed by atoms with Gasteiger partial charge in [0.2, 0.25) is 0 Å². The summed E-state index contributed by atoms with van der Waals surface area (Å²) in [5.41, 5.74) is 2.04. The zero-order valence-corrected chi connectivity index (χ0v) is 15.0. The Hall–Kier alpha value is -2.07. The van der Waals surface area contributed by atoms with E-state index in [1.54, 1.807) is 18.5 Å². The Morgan fingerprint density at radius 2 is 1.96 bits per heavy atom. The Morgan fingerprint density at radius 1 is 1.12 bits per heavy atom. The number of halogens is 2. The predicted molar refractivity (Wildman–Crippen MR) is 103 cm³/mol. The molecule has 3 rings (SSSR count). The standard InChI is InChI=1S/C20H18Cl2N2O/c21-16-8-9-17(18(22)13-16)19(14-20-23-10-11-24-20)25-12-4-7-15-5-2-1-3-6-15/h1-11,13,19H,12,14H2,(H,23,24)/b7-4+. The van der Waals surface area contributed by atoms with Crippen LogP contribution in [0, 0.1) is 0 Å². The Labute approximate surface area is 157 Å². The number of hydrogen-bond acceptors (Lipinski definition) is 2. The SMILES string of the molecule is Clc1ccc(C(Cc2ncc[nH]2)OC/C=C/c2ccccc2)c(Cl)c1. The van der Waals surface area contributed by atoms with Crippen LogP contribution in [0.2, 0.25) is 10.0 Å². The van der Waals surface area contributed by atoms with Gasteiger partial charge in [0.05, 0.1) is 12.7 Å². The van der Waals surface area contributed by atoms with Crippen LogP contribution in [-0.2, 0) is 11.2 Å². The lowest BCUT2D eigenvalue weighted by Crippen LogP contribution is -2.10. The number of aromatic amines is 1. The molecule has 0 saturated carbocycles. The number of H-pyrrole nitrogens is 1. The molecule has 0 aliphatic carbocycles. The average molecular weight is 373 g/mol. The van der Waals surface area contributed by atoms with Crippen LogP contribution in [0.1, 0.15) is 23.1 Å². The van der Waals surface area contributed by atoms with Gasteiger partial charge in [-0.2, -0.15) is 0 Å². The lowest BCUT2D eigenvalue weighted by molar-refractivity contribution is 0.0734. The zero-order chi connectivity index (χ0) is 17.5. The summed E-state index contributed by atoms with van der Waals surface area (Å²) < 4.78 is 6.07. The normalized spacial score (nSPS) is 12.6. The fourth-order valence-corrected chi connectivity index (χ4v) is 3.06. The molecule has 1 aromatic heterocycles. The number of aromatic nitrogens is 2. The van der Waals surface area contributed by atoms with E-state index in [-0.39, 0.29) is 6.10 Å². The van der Waals surface area contributed by atoms with Gasteiger partial charge in [-0.25, -0.2) is 4.98 Å². The lowest BCUT2D eigenvalue weighted by atomic mass is 10.1. The number of ether oxygens (including phenoxy) is 1. The largest absolute Gasteiger partial charge is 0.369 e. The number of rotatable bonds is 7. The van der Waals surface area contributed by atoms with E-state index in [2.05, 4.69) is 9.97 Å². The molecule has 0 saturated heterocycles. The summed E-state index contributed by atoms with van der Waals surface area (Å²) >= 11 is 12.4. The minimum atomic E-state index is -0.212. The van der Waals surface area contributed by atoms with E-state index in [1.807, 2.05) is 54.6 Å². The van der Waals surface area contributed by atoms with Crippen LogP contribution in [0.5, 0.6) is 0 Å². The van der Waals surface area contributed by atoms with Gasteiger partial charge in [-0.05, 0) is 23.3 Å². The fourth-order valence-electron chi connectivity index (χ4n) is 2.53. The van der Waals surface area contributed by atoms with Crippen LogP contribution in [-0.4, -0.2) is 16.6 Å². The summed E-state index contributed by atoms with van der Waals surface area (Å²) in [4.78, 5) is 7.39. The van der Waals surface area contributed by atoms with Gasteiger partial charge in [-0.15, -0.1) is 0 Å². The Morgan fingerprint density at radius 3 is 2.68 bits per heavy atom. The van der Waals surface area contributed by atoms with E-state index < -0.39 is 0 Å². The zero-order valence-electron chi connectivity index (χ0n) is 13.5. The number of benzene rings is 2. The molecule has 1 atom stereocenters. The van der Waals surface area contributed by atoms with E-state index in [4.69, 9.17) is 27.9 Å². The molecule has 3 nitrogen and oxygen atoms in total. The first kappa shape index (κ1) is 17.7. The highest BCUT2D eigenvalue weighted by molar-refractivity contribution is 6.35. The number of nitrogens with zero attached hydrogens (tertiary/aromatic N) is 1. The van der Waals surface area contributed by atoms with E-state index in [0.29, 0.717) is 23.1 Å². The van der Waals surface area contributed by atoms with Crippen LogP contribution in [0.4, 0.5) is 0 Å². The number of imidazole rings is 1. The van der Waals surface area contributed by atoms with Crippen molar-refractivity contribution in [2.75, 3.05) is 6.61 Å². The molecule has 128 valence electrons. The molecule has 1 N–H and O–H groups in total. The van der Waals surface area contributed by atoms with Crippen molar-refractivity contribution in [1.82, 2.24) is 9.97 Å². The highest BCUT2D eigenvalue weighted by Crippen LogP contribution is 2.30. The topological polar surface area (TPSA) is 37.9 Å². The van der Waals surface area contributed by atoms with Crippen LogP contribution < -0.4 is 0 Å². The van der Waals surface area contributed by atoms with Crippen molar-refractivity contribution in [2.24, 2.45) is 0 Å². The molecule has 0 spiro atoms. The van der Waals surface area contributed by atoms with Gasteiger partial charge in [0.25, 0.3) is 0 Å². The lowest BCUT2D eigenvalue weighted by Gasteiger charge is -2.18. The number of nitrogens with one attached hydrogen (secondary N) is 1. The molecule has 0 aliphatic heterocycles. The van der Waals surface area contributed by atoms with E-state index in [0.717, 1.165) is 17.0 Å². The van der Waals surface area contributed by atoms with Crippen LogP contribution in [0.3, 0.4) is 0 Å². The molecule has 0 fully saturated rings. The second-order valence-electron chi connectivity index (χ2n) is 5.54. The summed E-state index contributed by atoms with van der Waals surface area (Å²) in [5, 5.41) is 1.20. The second-order valence-corrected chi connectivity index (χ2v) is 6.38. The summed E-state index contributed by atoms with van der Waals surface area (Å²) in [7, 11) is 0. The maximum absolute atomic E-state index is 6.36. The Kier molecular flexibility index (Phi) is 6.29. The molecule has 1 heterocycles. The maximum atomic E-state index is 6.36. The van der Waals surface area contributed by atoms with Crippen molar-refractivity contribution in [3.05, 3.63) is 94.0 Å². The molecule has 5 heteroatoms. The summed E-state index contributed by atoms with van der Waals surface area (Å²) in [6, 6.07) is 15.6. The highest BCUT2D eigenvalue weighted by atomic mass is 35.5. The minimum Gasteiger partial charge on any atom is -0.369 e. The molecular formula is C20H18Cl2N2O. The van der Waals surface area contributed by atoms with E-state index in [9.17, 15) is 0 Å². The molecule has 3 aromatic rings. The van der Waals surface area contributed by atoms with Crippen LogP contribution in [0.25, 0.3) is 6.08 Å². The van der Waals surface area contributed by atoms with Gasteiger partial charge in [0.1, 0.15) is 5.82 Å². The molecule has 0 bridgehead atoms. The first-order valence-corrected chi connectivity index (χ1v) is 8.74. The van der Waals surface area contributed by atoms with Gasteiger partial charge in [0.15, 0.2) is 0 Å². The first-order chi connectivity index (χ1) is 12.2. The number of hydrogen-bond donors (Lipinski definition) is 1. The third kappa shape index (κ3) is 5.20. The van der Waals surface area contributed by atoms with Gasteiger partial charge in [-0.3, -0.25) is 0 Å². The first-order valence-electron chi connectivity index (χ1n) is 7.99. The third-order valence-electron chi connectivity index (χ3n) is 3.75. The van der Waals surface area contributed by atoms with Crippen molar-refractivity contribution in [1.29, 1.82) is 0 Å². The predicted octanol–water partition coefficient (Wildman–Crippen LogP) is 5.73. The van der Waals surface area contributed by atoms with Crippen molar-refractivity contribution in [2.45, 2.75) is 12.5 Å². The van der Waals surface area contributed by atoms with Gasteiger partial charge < -0.3 is 9.72 Å². The van der Waals surface area contributed by atoms with Crippen molar-refractivity contribution >= 4 is 29.3 Å². The van der Waals surface area contributed by atoms with Crippen LogP contribution in [0.15, 0.2) is 67.0 Å². The molecule has 0 radical (unpaired) electrons. The molecule has 1 unspecified atom stereocenters. The van der Waals surface area contributed by atoms with Crippen molar-refractivity contribution < 1.29 is 4.74 Å². The van der Waals surface area contributed by atoms with E-state index >= 15 is 0 Å². The molecule has 2 aromatic carbocycles. The molecular weight excluding hydrogens is 355 g/mol. The van der Waals surface area contributed by atoms with Gasteiger partial charge in [0, 0.05) is 28.9 Å². The Balaban J connectivity index is 1.71. The van der Waals surface area contributed by atoms with Crippen molar-refractivity contribution in [3.8, 4) is 0 Å². The third-order valence-corrected chi connectivity index (χ3v) is 4.31. The van der Waals surface area contributed by atoms with Gasteiger partial charge >= 0.3 is 0 Å². The quantitative estimate of drug-likeness (QED) is 0.574. The fraction of sp³-hybridized carbons (Fsp3) is 0.150. The Bertz CT molecular complexity index is 817. The van der Waals surface area contributed by atoms with Gasteiger partial charge in [-0.1, -0.05) is 71.8 Å².